The van der Waals surface area contributed by atoms with E-state index in [-0.39, 0.29) is 0 Å². The molecule has 0 saturated heterocycles. The van der Waals surface area contributed by atoms with Crippen LogP contribution in [-0.2, 0) is 12.8 Å². The van der Waals surface area contributed by atoms with Crippen molar-refractivity contribution in [1.82, 2.24) is 4.98 Å². The Balaban J connectivity index is 1.62. The summed E-state index contributed by atoms with van der Waals surface area (Å²) in [4.78, 5) is 5.16. The van der Waals surface area contributed by atoms with Crippen molar-refractivity contribution in [3.05, 3.63) is 76.9 Å². The number of furan rings is 2. The van der Waals surface area contributed by atoms with Gasteiger partial charge in [0.1, 0.15) is 11.5 Å². The maximum atomic E-state index is 5.53. The zero-order chi connectivity index (χ0) is 17.3. The summed E-state index contributed by atoms with van der Waals surface area (Å²) in [6, 6.07) is 10.3. The van der Waals surface area contributed by atoms with Crippen molar-refractivity contribution in [2.24, 2.45) is 0 Å². The first kappa shape index (κ1) is 15.4. The van der Waals surface area contributed by atoms with E-state index < -0.39 is 0 Å². The van der Waals surface area contributed by atoms with Crippen molar-refractivity contribution >= 4 is 23.3 Å². The van der Waals surface area contributed by atoms with E-state index in [0.29, 0.717) is 0 Å². The number of hydrogen-bond acceptors (Lipinski definition) is 3. The molecule has 0 N–H and O–H groups in total. The van der Waals surface area contributed by atoms with Crippen LogP contribution >= 0.6 is 0 Å². The SMILES string of the molecule is C(=C1CCCc2cc3c(nc21)C(=Cc1ccco1)CCC3)c1ccco1. The van der Waals surface area contributed by atoms with Gasteiger partial charge in [0.25, 0.3) is 0 Å². The largest absolute Gasteiger partial charge is 0.465 e. The number of pyridine rings is 1. The lowest BCUT2D eigenvalue weighted by Gasteiger charge is -2.24. The lowest BCUT2D eigenvalue weighted by atomic mass is 9.85. The Morgan fingerprint density at radius 2 is 1.27 bits per heavy atom. The Bertz CT molecular complexity index is 898. The molecule has 0 radical (unpaired) electrons. The van der Waals surface area contributed by atoms with Crippen LogP contribution in [0.25, 0.3) is 23.3 Å². The Morgan fingerprint density at radius 3 is 1.73 bits per heavy atom. The van der Waals surface area contributed by atoms with Crippen LogP contribution in [0, 0.1) is 0 Å². The van der Waals surface area contributed by atoms with Crippen molar-refractivity contribution in [3.8, 4) is 0 Å². The average molecular weight is 343 g/mol. The van der Waals surface area contributed by atoms with Crippen LogP contribution in [0.1, 0.15) is 59.7 Å². The van der Waals surface area contributed by atoms with E-state index in [1.54, 1.807) is 12.5 Å². The third-order valence-corrected chi connectivity index (χ3v) is 5.29. The summed E-state index contributed by atoms with van der Waals surface area (Å²) in [7, 11) is 0. The van der Waals surface area contributed by atoms with Gasteiger partial charge in [-0.2, -0.15) is 0 Å². The summed E-state index contributed by atoms with van der Waals surface area (Å²) in [6.45, 7) is 0. The quantitative estimate of drug-likeness (QED) is 0.571. The predicted molar refractivity (Wildman–Crippen MR) is 103 cm³/mol. The second-order valence-corrected chi connectivity index (χ2v) is 7.08. The maximum Gasteiger partial charge on any atom is 0.126 e. The summed E-state index contributed by atoms with van der Waals surface area (Å²) in [6.07, 6.45) is 14.4. The molecule has 0 fully saturated rings. The Labute approximate surface area is 153 Å². The van der Waals surface area contributed by atoms with Gasteiger partial charge in [-0.3, -0.25) is 0 Å². The predicted octanol–water partition coefficient (Wildman–Crippen LogP) is 6.02. The molecule has 3 aromatic rings. The maximum absolute atomic E-state index is 5.53. The van der Waals surface area contributed by atoms with Crippen LogP contribution in [0.4, 0.5) is 0 Å². The van der Waals surface area contributed by atoms with Crippen molar-refractivity contribution < 1.29 is 8.83 Å². The molecule has 0 atom stereocenters. The Kier molecular flexibility index (Phi) is 3.85. The molecule has 0 aliphatic heterocycles. The van der Waals surface area contributed by atoms with Crippen LogP contribution < -0.4 is 0 Å². The van der Waals surface area contributed by atoms with E-state index in [1.807, 2.05) is 24.3 Å². The molecule has 3 aromatic heterocycles. The minimum absolute atomic E-state index is 0.902. The summed E-state index contributed by atoms with van der Waals surface area (Å²) < 4.78 is 11.1. The fourth-order valence-corrected chi connectivity index (χ4v) is 4.09. The van der Waals surface area contributed by atoms with E-state index in [2.05, 4.69) is 18.2 Å². The minimum atomic E-state index is 0.902. The fraction of sp³-hybridized carbons (Fsp3) is 0.261. The molecule has 0 saturated carbocycles. The lowest BCUT2D eigenvalue weighted by molar-refractivity contribution is 0.556. The first-order chi connectivity index (χ1) is 12.9. The minimum Gasteiger partial charge on any atom is -0.465 e. The fourth-order valence-electron chi connectivity index (χ4n) is 4.09. The summed E-state index contributed by atoms with van der Waals surface area (Å²) in [5.74, 6) is 1.80. The number of nitrogens with zero attached hydrogens (tertiary/aromatic N) is 1. The number of fused-ring (bicyclic) bond motifs is 2. The lowest BCUT2D eigenvalue weighted by Crippen LogP contribution is -2.12. The number of allylic oxidation sites excluding steroid dienone is 2. The molecule has 0 aromatic carbocycles. The molecule has 0 bridgehead atoms. The highest BCUT2D eigenvalue weighted by molar-refractivity contribution is 5.85. The van der Waals surface area contributed by atoms with Gasteiger partial charge in [-0.25, -0.2) is 4.98 Å². The van der Waals surface area contributed by atoms with Crippen LogP contribution in [0.5, 0.6) is 0 Å². The van der Waals surface area contributed by atoms with Gasteiger partial charge in [0, 0.05) is 0 Å². The molecule has 5 rings (SSSR count). The van der Waals surface area contributed by atoms with Crippen molar-refractivity contribution in [2.75, 3.05) is 0 Å². The molecule has 2 aliphatic rings. The van der Waals surface area contributed by atoms with Crippen LogP contribution in [-0.4, -0.2) is 4.98 Å². The third-order valence-electron chi connectivity index (χ3n) is 5.29. The highest BCUT2D eigenvalue weighted by Crippen LogP contribution is 2.37. The molecule has 3 nitrogen and oxygen atoms in total. The van der Waals surface area contributed by atoms with Crippen LogP contribution in [0.2, 0.25) is 0 Å². The van der Waals surface area contributed by atoms with Gasteiger partial charge in [-0.15, -0.1) is 0 Å². The normalized spacial score (nSPS) is 19.5. The van der Waals surface area contributed by atoms with Crippen molar-refractivity contribution in [3.63, 3.8) is 0 Å². The van der Waals surface area contributed by atoms with Gasteiger partial charge < -0.3 is 8.83 Å². The van der Waals surface area contributed by atoms with E-state index in [9.17, 15) is 0 Å². The highest BCUT2D eigenvalue weighted by Gasteiger charge is 2.23. The molecule has 0 unspecified atom stereocenters. The first-order valence-corrected chi connectivity index (χ1v) is 9.38. The average Bonchev–Trinajstić information content (AvgIpc) is 3.35. The number of hydrogen-bond donors (Lipinski definition) is 0. The second kappa shape index (κ2) is 6.49. The number of aryl methyl sites for hydroxylation is 2. The van der Waals surface area contributed by atoms with Gasteiger partial charge in [0.15, 0.2) is 0 Å². The molecule has 130 valence electrons. The summed E-state index contributed by atoms with van der Waals surface area (Å²) >= 11 is 0. The molecule has 0 spiro atoms. The van der Waals surface area contributed by atoms with Crippen LogP contribution in [0.3, 0.4) is 0 Å². The molecule has 2 aliphatic carbocycles. The van der Waals surface area contributed by atoms with E-state index in [4.69, 9.17) is 13.8 Å². The first-order valence-electron chi connectivity index (χ1n) is 9.38. The molecular formula is C23H21NO2. The van der Waals surface area contributed by atoms with Crippen molar-refractivity contribution in [1.29, 1.82) is 0 Å². The summed E-state index contributed by atoms with van der Waals surface area (Å²) in [5, 5.41) is 0. The van der Waals surface area contributed by atoms with E-state index in [1.165, 1.54) is 35.1 Å². The van der Waals surface area contributed by atoms with Gasteiger partial charge in [0.2, 0.25) is 0 Å². The number of aromatic nitrogens is 1. The van der Waals surface area contributed by atoms with E-state index in [0.717, 1.165) is 48.6 Å². The number of rotatable bonds is 2. The standard InChI is InChI=1S/C23H21NO2/c1-5-16-13-17-6-2-8-19(15-21-10-4-12-26-21)23(17)24-22(16)18(7-1)14-20-9-3-11-25-20/h3-4,9-15H,1-2,5-8H2. The third kappa shape index (κ3) is 2.84. The molecule has 26 heavy (non-hydrogen) atoms. The van der Waals surface area contributed by atoms with Gasteiger partial charge in [-0.05, 0) is 97.2 Å². The Morgan fingerprint density at radius 1 is 0.731 bits per heavy atom. The van der Waals surface area contributed by atoms with Crippen LogP contribution in [0.15, 0.2) is 51.7 Å². The molecule has 0 amide bonds. The molecule has 3 heterocycles. The second-order valence-electron chi connectivity index (χ2n) is 7.08. The topological polar surface area (TPSA) is 39.2 Å². The molecular weight excluding hydrogens is 322 g/mol. The zero-order valence-corrected chi connectivity index (χ0v) is 14.7. The van der Waals surface area contributed by atoms with Gasteiger partial charge >= 0.3 is 0 Å². The molecule has 3 heteroatoms. The van der Waals surface area contributed by atoms with Gasteiger partial charge in [-0.1, -0.05) is 6.07 Å². The van der Waals surface area contributed by atoms with Gasteiger partial charge in [0.05, 0.1) is 23.9 Å². The Hall–Kier alpha value is -2.81. The van der Waals surface area contributed by atoms with E-state index >= 15 is 0 Å². The zero-order valence-electron chi connectivity index (χ0n) is 14.7. The highest BCUT2D eigenvalue weighted by atomic mass is 16.3. The van der Waals surface area contributed by atoms with Crippen molar-refractivity contribution in [2.45, 2.75) is 38.5 Å². The summed E-state index contributed by atoms with van der Waals surface area (Å²) in [5.41, 5.74) is 7.63. The smallest absolute Gasteiger partial charge is 0.126 e. The monoisotopic (exact) mass is 343 g/mol.